The number of nitrogens with zero attached hydrogens (tertiary/aromatic N) is 1. The molecule has 0 aliphatic heterocycles. The molecule has 2 rings (SSSR count). The molecule has 0 unspecified atom stereocenters. The molecule has 1 N–H and O–H groups in total. The molecule has 1 aromatic carbocycles. The number of carbonyl (C=O) groups is 2. The fraction of sp³-hybridized carbons (Fsp3) is 0.235. The summed E-state index contributed by atoms with van der Waals surface area (Å²) in [7, 11) is 2.63. The fourth-order valence-electron chi connectivity index (χ4n) is 2.14. The van der Waals surface area contributed by atoms with Crippen LogP contribution in [0.2, 0.25) is 0 Å². The molecule has 0 saturated carbocycles. The molecular formula is C17H16F2N2O4. The quantitative estimate of drug-likeness (QED) is 0.805. The van der Waals surface area contributed by atoms with Gasteiger partial charge in [0.2, 0.25) is 5.88 Å². The lowest BCUT2D eigenvalue weighted by Crippen LogP contribution is -2.43. The Kier molecular flexibility index (Phi) is 5.99. The van der Waals surface area contributed by atoms with Crippen molar-refractivity contribution in [3.05, 3.63) is 59.3 Å². The summed E-state index contributed by atoms with van der Waals surface area (Å²) in [5.41, 5.74) is 0.123. The Morgan fingerprint density at radius 1 is 1.20 bits per heavy atom. The Morgan fingerprint density at radius 3 is 2.56 bits per heavy atom. The summed E-state index contributed by atoms with van der Waals surface area (Å²) in [5.74, 6) is -3.68. The van der Waals surface area contributed by atoms with Crippen molar-refractivity contribution in [1.82, 2.24) is 10.3 Å². The van der Waals surface area contributed by atoms with Gasteiger partial charge in [0, 0.05) is 18.7 Å². The fourth-order valence-corrected chi connectivity index (χ4v) is 2.14. The molecule has 1 atom stereocenters. The first-order valence-corrected chi connectivity index (χ1v) is 7.28. The smallest absolute Gasteiger partial charge is 0.328 e. The minimum atomic E-state index is -1.28. The van der Waals surface area contributed by atoms with Crippen LogP contribution in [0, 0.1) is 11.6 Å². The lowest BCUT2D eigenvalue weighted by molar-refractivity contribution is -0.142. The molecule has 6 nitrogen and oxygen atoms in total. The van der Waals surface area contributed by atoms with Crippen molar-refractivity contribution in [1.29, 1.82) is 0 Å². The number of rotatable bonds is 6. The van der Waals surface area contributed by atoms with Gasteiger partial charge in [-0.3, -0.25) is 4.79 Å². The Bertz CT molecular complexity index is 766. The predicted molar refractivity (Wildman–Crippen MR) is 84.1 cm³/mol. The first kappa shape index (κ1) is 18.3. The normalized spacial score (nSPS) is 11.5. The van der Waals surface area contributed by atoms with Crippen LogP contribution in [-0.4, -0.2) is 37.1 Å². The van der Waals surface area contributed by atoms with Crippen LogP contribution in [0.5, 0.6) is 5.88 Å². The SMILES string of the molecule is COC(=O)[C@@H](Cc1ccc(OC)nc1)NC(=O)c1cccc(F)c1F. The van der Waals surface area contributed by atoms with Gasteiger partial charge in [0.1, 0.15) is 6.04 Å². The number of ether oxygens (including phenoxy) is 2. The Hall–Kier alpha value is -3.03. The van der Waals surface area contributed by atoms with Gasteiger partial charge in [-0.05, 0) is 17.7 Å². The third-order valence-corrected chi connectivity index (χ3v) is 3.43. The zero-order valence-electron chi connectivity index (χ0n) is 13.6. The summed E-state index contributed by atoms with van der Waals surface area (Å²) in [4.78, 5) is 28.1. The standard InChI is InChI=1S/C17H16F2N2O4/c1-24-14-7-6-10(9-20-14)8-13(17(23)25-2)21-16(22)11-4-3-5-12(18)15(11)19/h3-7,9,13H,8H2,1-2H3,(H,21,22)/t13-/m1/s1. The van der Waals surface area contributed by atoms with Gasteiger partial charge in [0.25, 0.3) is 5.91 Å². The van der Waals surface area contributed by atoms with Gasteiger partial charge in [-0.25, -0.2) is 18.6 Å². The van der Waals surface area contributed by atoms with Crippen LogP contribution in [0.4, 0.5) is 8.78 Å². The van der Waals surface area contributed by atoms with Crippen LogP contribution in [-0.2, 0) is 16.0 Å². The monoisotopic (exact) mass is 350 g/mol. The molecule has 0 aliphatic carbocycles. The molecule has 1 amide bonds. The summed E-state index contributed by atoms with van der Waals surface area (Å²) in [6.07, 6.45) is 1.54. The van der Waals surface area contributed by atoms with Crippen LogP contribution in [0.3, 0.4) is 0 Å². The molecule has 2 aromatic rings. The van der Waals surface area contributed by atoms with Gasteiger partial charge in [0.15, 0.2) is 11.6 Å². The van der Waals surface area contributed by atoms with E-state index in [0.29, 0.717) is 11.4 Å². The number of hydrogen-bond donors (Lipinski definition) is 1. The second-order valence-electron chi connectivity index (χ2n) is 5.06. The van der Waals surface area contributed by atoms with E-state index in [1.807, 2.05) is 0 Å². The van der Waals surface area contributed by atoms with Crippen LogP contribution in [0.25, 0.3) is 0 Å². The van der Waals surface area contributed by atoms with Crippen LogP contribution in [0.1, 0.15) is 15.9 Å². The summed E-state index contributed by atoms with van der Waals surface area (Å²) >= 11 is 0. The number of aromatic nitrogens is 1. The van der Waals surface area contributed by atoms with E-state index in [9.17, 15) is 18.4 Å². The van der Waals surface area contributed by atoms with E-state index in [-0.39, 0.29) is 6.42 Å². The lowest BCUT2D eigenvalue weighted by Gasteiger charge is -2.17. The minimum absolute atomic E-state index is 0.0618. The second kappa shape index (κ2) is 8.18. The number of halogens is 2. The van der Waals surface area contributed by atoms with E-state index >= 15 is 0 Å². The number of benzene rings is 1. The van der Waals surface area contributed by atoms with Gasteiger partial charge in [-0.2, -0.15) is 0 Å². The maximum Gasteiger partial charge on any atom is 0.328 e. The minimum Gasteiger partial charge on any atom is -0.481 e. The maximum atomic E-state index is 13.7. The number of methoxy groups -OCH3 is 2. The van der Waals surface area contributed by atoms with Crippen LogP contribution < -0.4 is 10.1 Å². The Labute approximate surface area is 142 Å². The number of nitrogens with one attached hydrogen (secondary N) is 1. The molecule has 132 valence electrons. The van der Waals surface area contributed by atoms with E-state index in [4.69, 9.17) is 4.74 Å². The highest BCUT2D eigenvalue weighted by molar-refractivity contribution is 5.97. The number of carbonyl (C=O) groups excluding carboxylic acids is 2. The van der Waals surface area contributed by atoms with Crippen LogP contribution >= 0.6 is 0 Å². The lowest BCUT2D eigenvalue weighted by atomic mass is 10.1. The average Bonchev–Trinajstić information content (AvgIpc) is 2.63. The molecule has 0 radical (unpaired) electrons. The molecule has 1 aromatic heterocycles. The van der Waals surface area contributed by atoms with Crippen molar-refractivity contribution in [2.75, 3.05) is 14.2 Å². The number of pyridine rings is 1. The average molecular weight is 350 g/mol. The second-order valence-corrected chi connectivity index (χ2v) is 5.06. The van der Waals surface area contributed by atoms with E-state index in [1.165, 1.54) is 19.4 Å². The molecule has 0 fully saturated rings. The van der Waals surface area contributed by atoms with E-state index in [0.717, 1.165) is 19.2 Å². The third kappa shape index (κ3) is 4.50. The van der Waals surface area contributed by atoms with Gasteiger partial charge < -0.3 is 14.8 Å². The van der Waals surface area contributed by atoms with Crippen molar-refractivity contribution in [2.45, 2.75) is 12.5 Å². The van der Waals surface area contributed by atoms with Gasteiger partial charge in [0.05, 0.1) is 19.8 Å². The highest BCUT2D eigenvalue weighted by Gasteiger charge is 2.25. The molecule has 0 aliphatic rings. The predicted octanol–water partition coefficient (Wildman–Crippen LogP) is 1.88. The molecule has 0 saturated heterocycles. The Balaban J connectivity index is 2.18. The first-order chi connectivity index (χ1) is 12.0. The highest BCUT2D eigenvalue weighted by atomic mass is 19.2. The van der Waals surface area contributed by atoms with Crippen LogP contribution in [0.15, 0.2) is 36.5 Å². The van der Waals surface area contributed by atoms with Crippen molar-refractivity contribution in [3.8, 4) is 5.88 Å². The van der Waals surface area contributed by atoms with Gasteiger partial charge in [-0.1, -0.05) is 12.1 Å². The Morgan fingerprint density at radius 2 is 1.96 bits per heavy atom. The molecule has 0 bridgehead atoms. The van der Waals surface area contributed by atoms with E-state index in [2.05, 4.69) is 15.0 Å². The number of hydrogen-bond acceptors (Lipinski definition) is 5. The summed E-state index contributed by atoms with van der Waals surface area (Å²) in [6, 6.07) is 5.39. The van der Waals surface area contributed by atoms with Gasteiger partial charge in [-0.15, -0.1) is 0 Å². The van der Waals surface area contributed by atoms with Crippen molar-refractivity contribution < 1.29 is 27.8 Å². The number of amides is 1. The largest absolute Gasteiger partial charge is 0.481 e. The maximum absolute atomic E-state index is 13.7. The summed E-state index contributed by atoms with van der Waals surface area (Å²) in [6.45, 7) is 0. The molecule has 8 heteroatoms. The van der Waals surface area contributed by atoms with Crippen molar-refractivity contribution in [3.63, 3.8) is 0 Å². The molecule has 0 spiro atoms. The first-order valence-electron chi connectivity index (χ1n) is 7.28. The topological polar surface area (TPSA) is 77.5 Å². The zero-order chi connectivity index (χ0) is 18.4. The highest BCUT2D eigenvalue weighted by Crippen LogP contribution is 2.13. The molecular weight excluding hydrogens is 334 g/mol. The third-order valence-electron chi connectivity index (χ3n) is 3.43. The van der Waals surface area contributed by atoms with Crippen molar-refractivity contribution >= 4 is 11.9 Å². The van der Waals surface area contributed by atoms with E-state index in [1.54, 1.807) is 12.1 Å². The zero-order valence-corrected chi connectivity index (χ0v) is 13.6. The van der Waals surface area contributed by atoms with E-state index < -0.39 is 35.1 Å². The summed E-state index contributed by atoms with van der Waals surface area (Å²) < 4.78 is 36.6. The number of esters is 1. The van der Waals surface area contributed by atoms with Gasteiger partial charge >= 0.3 is 5.97 Å². The van der Waals surface area contributed by atoms with Crippen molar-refractivity contribution in [2.24, 2.45) is 0 Å². The summed E-state index contributed by atoms with van der Waals surface area (Å²) in [5, 5.41) is 2.35. The molecule has 1 heterocycles. The molecule has 25 heavy (non-hydrogen) atoms.